The van der Waals surface area contributed by atoms with Crippen molar-refractivity contribution in [3.8, 4) is 23.0 Å². The SMILES string of the molecule is COc1ccc(CSCC(=O)NCc2ccc(OC)c(OC)c2OC)cc1. The first-order chi connectivity index (χ1) is 13.1. The number of benzene rings is 2. The second-order valence-corrected chi connectivity index (χ2v) is 6.60. The minimum absolute atomic E-state index is 0.0367. The normalized spacial score (nSPS) is 10.2. The minimum atomic E-state index is -0.0367. The summed E-state index contributed by atoms with van der Waals surface area (Å²) in [7, 11) is 6.33. The number of ether oxygens (including phenoxy) is 4. The predicted molar refractivity (Wildman–Crippen MR) is 107 cm³/mol. The standard InChI is InChI=1S/C20H25NO5S/c1-23-16-8-5-14(6-9-16)12-27-13-18(22)21-11-15-7-10-17(24-2)20(26-4)19(15)25-3/h5-10H,11-13H2,1-4H3,(H,21,22). The molecule has 27 heavy (non-hydrogen) atoms. The van der Waals surface area contributed by atoms with Crippen molar-refractivity contribution in [2.45, 2.75) is 12.3 Å². The van der Waals surface area contributed by atoms with Gasteiger partial charge in [-0.2, -0.15) is 0 Å². The molecule has 6 nitrogen and oxygen atoms in total. The van der Waals surface area contributed by atoms with Gasteiger partial charge in [-0.3, -0.25) is 4.79 Å². The van der Waals surface area contributed by atoms with Crippen LogP contribution in [0, 0.1) is 0 Å². The van der Waals surface area contributed by atoms with E-state index >= 15 is 0 Å². The minimum Gasteiger partial charge on any atom is -0.497 e. The molecule has 0 heterocycles. The van der Waals surface area contributed by atoms with Crippen LogP contribution in [0.15, 0.2) is 36.4 Å². The highest BCUT2D eigenvalue weighted by molar-refractivity contribution is 7.99. The molecule has 0 aliphatic rings. The number of thioether (sulfide) groups is 1. The molecule has 2 rings (SSSR count). The van der Waals surface area contributed by atoms with Crippen LogP contribution in [0.2, 0.25) is 0 Å². The van der Waals surface area contributed by atoms with Gasteiger partial charge in [0.1, 0.15) is 5.75 Å². The summed E-state index contributed by atoms with van der Waals surface area (Å²) in [5.74, 6) is 3.58. The molecule has 0 aliphatic heterocycles. The van der Waals surface area contributed by atoms with Crippen molar-refractivity contribution in [3.63, 3.8) is 0 Å². The lowest BCUT2D eigenvalue weighted by Crippen LogP contribution is -2.25. The van der Waals surface area contributed by atoms with Crippen LogP contribution in [-0.2, 0) is 17.1 Å². The number of hydrogen-bond donors (Lipinski definition) is 1. The Morgan fingerprint density at radius 1 is 0.889 bits per heavy atom. The Morgan fingerprint density at radius 3 is 2.19 bits per heavy atom. The van der Waals surface area contributed by atoms with Crippen molar-refractivity contribution in [1.29, 1.82) is 0 Å². The Bertz CT molecular complexity index is 749. The van der Waals surface area contributed by atoms with E-state index in [0.717, 1.165) is 22.6 Å². The second-order valence-electron chi connectivity index (χ2n) is 5.61. The number of methoxy groups -OCH3 is 4. The van der Waals surface area contributed by atoms with Gasteiger partial charge in [0, 0.05) is 17.9 Å². The van der Waals surface area contributed by atoms with Crippen molar-refractivity contribution in [2.24, 2.45) is 0 Å². The van der Waals surface area contributed by atoms with Gasteiger partial charge in [0.25, 0.3) is 0 Å². The molecular weight excluding hydrogens is 366 g/mol. The largest absolute Gasteiger partial charge is 0.497 e. The van der Waals surface area contributed by atoms with Crippen LogP contribution >= 0.6 is 11.8 Å². The lowest BCUT2D eigenvalue weighted by atomic mass is 10.1. The van der Waals surface area contributed by atoms with E-state index < -0.39 is 0 Å². The zero-order valence-corrected chi connectivity index (χ0v) is 16.9. The van der Waals surface area contributed by atoms with E-state index in [9.17, 15) is 4.79 Å². The van der Waals surface area contributed by atoms with E-state index in [2.05, 4.69) is 5.32 Å². The number of amides is 1. The molecule has 0 saturated carbocycles. The molecule has 2 aromatic rings. The highest BCUT2D eigenvalue weighted by Gasteiger charge is 2.16. The number of hydrogen-bond acceptors (Lipinski definition) is 6. The summed E-state index contributed by atoms with van der Waals surface area (Å²) in [6.45, 7) is 0.353. The Balaban J connectivity index is 1.86. The summed E-state index contributed by atoms with van der Waals surface area (Å²) < 4.78 is 21.2. The van der Waals surface area contributed by atoms with Gasteiger partial charge in [0.2, 0.25) is 11.7 Å². The van der Waals surface area contributed by atoms with Gasteiger partial charge < -0.3 is 24.3 Å². The maximum atomic E-state index is 12.1. The molecular formula is C20H25NO5S. The van der Waals surface area contributed by atoms with Crippen LogP contribution in [0.25, 0.3) is 0 Å². The fourth-order valence-electron chi connectivity index (χ4n) is 2.53. The van der Waals surface area contributed by atoms with Crippen LogP contribution in [0.3, 0.4) is 0 Å². The zero-order valence-electron chi connectivity index (χ0n) is 16.0. The number of carbonyl (C=O) groups excluding carboxylic acids is 1. The molecule has 1 N–H and O–H groups in total. The summed E-state index contributed by atoms with van der Waals surface area (Å²) in [5.41, 5.74) is 1.97. The number of nitrogens with one attached hydrogen (secondary N) is 1. The highest BCUT2D eigenvalue weighted by Crippen LogP contribution is 2.39. The topological polar surface area (TPSA) is 66.0 Å². The van der Waals surface area contributed by atoms with E-state index in [1.165, 1.54) is 0 Å². The van der Waals surface area contributed by atoms with E-state index in [1.807, 2.05) is 30.3 Å². The molecule has 0 fully saturated rings. The van der Waals surface area contributed by atoms with Gasteiger partial charge in [-0.25, -0.2) is 0 Å². The third-order valence-electron chi connectivity index (χ3n) is 3.92. The molecule has 7 heteroatoms. The third-order valence-corrected chi connectivity index (χ3v) is 4.93. The maximum absolute atomic E-state index is 12.1. The number of carbonyl (C=O) groups is 1. The van der Waals surface area contributed by atoms with E-state index in [4.69, 9.17) is 18.9 Å². The van der Waals surface area contributed by atoms with Crippen molar-refractivity contribution in [3.05, 3.63) is 47.5 Å². The van der Waals surface area contributed by atoms with Gasteiger partial charge in [-0.05, 0) is 29.8 Å². The highest BCUT2D eigenvalue weighted by atomic mass is 32.2. The van der Waals surface area contributed by atoms with Crippen LogP contribution in [0.1, 0.15) is 11.1 Å². The molecule has 0 radical (unpaired) electrons. The lowest BCUT2D eigenvalue weighted by molar-refractivity contribution is -0.118. The maximum Gasteiger partial charge on any atom is 0.230 e. The Kier molecular flexibility index (Phi) is 8.13. The molecule has 146 valence electrons. The summed E-state index contributed by atoms with van der Waals surface area (Å²) in [6, 6.07) is 11.5. The monoisotopic (exact) mass is 391 g/mol. The average molecular weight is 391 g/mol. The summed E-state index contributed by atoms with van der Waals surface area (Å²) in [4.78, 5) is 12.1. The fourth-order valence-corrected chi connectivity index (χ4v) is 3.35. The van der Waals surface area contributed by atoms with Crippen LogP contribution in [0.5, 0.6) is 23.0 Å². The average Bonchev–Trinajstić information content (AvgIpc) is 2.71. The Hall–Kier alpha value is -2.54. The first-order valence-corrected chi connectivity index (χ1v) is 9.53. The van der Waals surface area contributed by atoms with Gasteiger partial charge in [-0.1, -0.05) is 12.1 Å². The fraction of sp³-hybridized carbons (Fsp3) is 0.350. The molecule has 0 atom stereocenters. The summed E-state index contributed by atoms with van der Waals surface area (Å²) in [6.07, 6.45) is 0. The van der Waals surface area contributed by atoms with Crippen LogP contribution < -0.4 is 24.3 Å². The van der Waals surface area contributed by atoms with Crippen molar-refractivity contribution in [2.75, 3.05) is 34.2 Å². The smallest absolute Gasteiger partial charge is 0.230 e. The van der Waals surface area contributed by atoms with E-state index in [1.54, 1.807) is 46.3 Å². The quantitative estimate of drug-likeness (QED) is 0.671. The van der Waals surface area contributed by atoms with Crippen molar-refractivity contribution < 1.29 is 23.7 Å². The van der Waals surface area contributed by atoms with E-state index in [-0.39, 0.29) is 5.91 Å². The molecule has 0 bridgehead atoms. The van der Waals surface area contributed by atoms with Gasteiger partial charge in [-0.15, -0.1) is 11.8 Å². The van der Waals surface area contributed by atoms with Gasteiger partial charge >= 0.3 is 0 Å². The predicted octanol–water partition coefficient (Wildman–Crippen LogP) is 3.27. The number of rotatable bonds is 10. The Morgan fingerprint density at radius 2 is 1.59 bits per heavy atom. The second kappa shape index (κ2) is 10.6. The molecule has 2 aromatic carbocycles. The molecule has 0 aliphatic carbocycles. The van der Waals surface area contributed by atoms with Gasteiger partial charge in [0.05, 0.1) is 34.2 Å². The summed E-state index contributed by atoms with van der Waals surface area (Å²) >= 11 is 1.56. The molecule has 1 amide bonds. The molecule has 0 spiro atoms. The first kappa shape index (κ1) is 20.8. The van der Waals surface area contributed by atoms with Gasteiger partial charge in [0.15, 0.2) is 11.5 Å². The van der Waals surface area contributed by atoms with Crippen molar-refractivity contribution in [1.82, 2.24) is 5.32 Å². The zero-order chi connectivity index (χ0) is 19.6. The molecule has 0 aromatic heterocycles. The Labute approximate surface area is 164 Å². The van der Waals surface area contributed by atoms with Crippen molar-refractivity contribution >= 4 is 17.7 Å². The molecule has 0 saturated heterocycles. The van der Waals surface area contributed by atoms with Crippen LogP contribution in [0.4, 0.5) is 0 Å². The van der Waals surface area contributed by atoms with E-state index in [0.29, 0.717) is 29.5 Å². The lowest BCUT2D eigenvalue weighted by Gasteiger charge is -2.16. The first-order valence-electron chi connectivity index (χ1n) is 8.38. The molecule has 0 unspecified atom stereocenters. The van der Waals surface area contributed by atoms with Crippen LogP contribution in [-0.4, -0.2) is 40.1 Å². The third kappa shape index (κ3) is 5.72. The summed E-state index contributed by atoms with van der Waals surface area (Å²) in [5, 5.41) is 2.91.